The fourth-order valence-corrected chi connectivity index (χ4v) is 4.90. The number of aliphatic carboxylic acids is 1. The lowest BCUT2D eigenvalue weighted by atomic mass is 10.0. The molecule has 10 nitrogen and oxygen atoms in total. The molecule has 4 aromatic rings. The van der Waals surface area contributed by atoms with Crippen molar-refractivity contribution in [2.45, 2.75) is 44.9 Å². The number of ether oxygens (including phenoxy) is 3. The largest absolute Gasteiger partial charge is 0.493 e. The van der Waals surface area contributed by atoms with E-state index in [0.717, 1.165) is 25.3 Å². The van der Waals surface area contributed by atoms with Crippen LogP contribution in [0.15, 0.2) is 66.9 Å². The van der Waals surface area contributed by atoms with Gasteiger partial charge in [-0.25, -0.2) is 8.78 Å². The number of rotatable bonds is 15. The lowest BCUT2D eigenvalue weighted by molar-refractivity contribution is -0.137. The first kappa shape index (κ1) is 32.1. The molecule has 0 radical (unpaired) electrons. The minimum atomic E-state index is -1.29. The Kier molecular flexibility index (Phi) is 9.94. The summed E-state index contributed by atoms with van der Waals surface area (Å²) < 4.78 is 45.7. The number of fused-ring (bicyclic) bond motifs is 1. The van der Waals surface area contributed by atoms with Gasteiger partial charge in [0.1, 0.15) is 17.0 Å². The second kappa shape index (κ2) is 14.2. The molecule has 3 aromatic carbocycles. The van der Waals surface area contributed by atoms with Crippen molar-refractivity contribution in [1.29, 1.82) is 0 Å². The van der Waals surface area contributed by atoms with Gasteiger partial charge in [-0.3, -0.25) is 19.4 Å². The Morgan fingerprint density at radius 3 is 2.20 bits per heavy atom. The third kappa shape index (κ3) is 7.68. The van der Waals surface area contributed by atoms with E-state index in [1.54, 1.807) is 18.2 Å². The Morgan fingerprint density at radius 2 is 1.52 bits per heavy atom. The fourth-order valence-electron chi connectivity index (χ4n) is 4.90. The highest BCUT2D eigenvalue weighted by Gasteiger charge is 2.56. The maximum absolute atomic E-state index is 15.2. The normalized spacial score (nSPS) is 13.1. The lowest BCUT2D eigenvalue weighted by Crippen LogP contribution is -2.35. The maximum atomic E-state index is 15.2. The van der Waals surface area contributed by atoms with Crippen LogP contribution in [0.3, 0.4) is 0 Å². The summed E-state index contributed by atoms with van der Waals surface area (Å²) in [5.74, 6) is -1.92. The summed E-state index contributed by atoms with van der Waals surface area (Å²) in [6, 6.07) is 14.2. The Balaban J connectivity index is 1.22. The second-order valence-corrected chi connectivity index (χ2v) is 11.0. The first-order chi connectivity index (χ1) is 22.2. The summed E-state index contributed by atoms with van der Waals surface area (Å²) in [6.07, 6.45) is 5.34. The highest BCUT2D eigenvalue weighted by Crippen LogP contribution is 2.47. The highest BCUT2D eigenvalue weighted by atomic mass is 19.1. The zero-order chi connectivity index (χ0) is 32.7. The molecular weight excluding hydrogens is 600 g/mol. The van der Waals surface area contributed by atoms with Crippen molar-refractivity contribution in [2.24, 2.45) is 5.41 Å². The number of nitrogens with one attached hydrogen (secondary N) is 2. The molecule has 240 valence electrons. The number of halogens is 2. The molecule has 0 bridgehead atoms. The first-order valence-electron chi connectivity index (χ1n) is 14.9. The van der Waals surface area contributed by atoms with Gasteiger partial charge in [-0.15, -0.1) is 0 Å². The molecule has 1 fully saturated rings. The van der Waals surface area contributed by atoms with Crippen LogP contribution in [0.1, 0.15) is 44.9 Å². The summed E-state index contributed by atoms with van der Waals surface area (Å²) >= 11 is 0. The van der Waals surface area contributed by atoms with Gasteiger partial charge in [-0.2, -0.15) is 0 Å². The summed E-state index contributed by atoms with van der Waals surface area (Å²) in [4.78, 5) is 40.9. The predicted molar refractivity (Wildman–Crippen MR) is 166 cm³/mol. The molecule has 1 heterocycles. The van der Waals surface area contributed by atoms with Crippen molar-refractivity contribution < 1.29 is 42.5 Å². The van der Waals surface area contributed by atoms with E-state index in [1.807, 2.05) is 0 Å². The van der Waals surface area contributed by atoms with Gasteiger partial charge in [0, 0.05) is 41.5 Å². The van der Waals surface area contributed by atoms with E-state index in [2.05, 4.69) is 15.6 Å². The number of unbranched alkanes of at least 4 members (excludes halogenated alkanes) is 3. The van der Waals surface area contributed by atoms with E-state index in [-0.39, 0.29) is 17.9 Å². The van der Waals surface area contributed by atoms with Crippen molar-refractivity contribution in [2.75, 3.05) is 24.4 Å². The molecule has 46 heavy (non-hydrogen) atoms. The molecule has 2 amide bonds. The smallest absolute Gasteiger partial charge is 0.303 e. The summed E-state index contributed by atoms with van der Waals surface area (Å²) in [7, 11) is 1.50. The van der Waals surface area contributed by atoms with Gasteiger partial charge in [0.05, 0.1) is 19.2 Å². The number of carboxylic acids is 1. The van der Waals surface area contributed by atoms with Gasteiger partial charge in [0.15, 0.2) is 23.1 Å². The van der Waals surface area contributed by atoms with Gasteiger partial charge >= 0.3 is 5.97 Å². The minimum Gasteiger partial charge on any atom is -0.493 e. The second-order valence-electron chi connectivity index (χ2n) is 11.0. The number of nitrogens with zero attached hydrogens (tertiary/aromatic N) is 1. The number of methoxy groups -OCH3 is 1. The molecule has 1 aliphatic rings. The standard InChI is InChI=1S/C34H33F2N3O7/c1-44-29-19-24-26(20-30(29)45-17-5-3-2-4-6-31(40)41)37-16-13-27(24)46-28-12-11-23(18-25(28)36)39-33(43)34(14-15-34)32(42)38-22-9-7-21(35)8-10-22/h7-13,16,18-20H,2-6,14-15,17H2,1H3,(H,38,42)(H,39,43)(H,40,41). The molecule has 1 aromatic heterocycles. The number of carbonyl (C=O) groups excluding carboxylic acids is 2. The number of hydrogen-bond donors (Lipinski definition) is 3. The van der Waals surface area contributed by atoms with Crippen molar-refractivity contribution in [1.82, 2.24) is 4.98 Å². The first-order valence-corrected chi connectivity index (χ1v) is 14.9. The van der Waals surface area contributed by atoms with Crippen LogP contribution >= 0.6 is 0 Å². The van der Waals surface area contributed by atoms with Crippen molar-refractivity contribution in [3.8, 4) is 23.0 Å². The van der Waals surface area contributed by atoms with Crippen LogP contribution in [0.4, 0.5) is 20.2 Å². The molecule has 1 aliphatic carbocycles. The predicted octanol–water partition coefficient (Wildman–Crippen LogP) is 7.09. The molecule has 12 heteroatoms. The Bertz CT molecular complexity index is 1740. The topological polar surface area (TPSA) is 136 Å². The molecule has 0 atom stereocenters. The third-order valence-corrected chi connectivity index (χ3v) is 7.66. The van der Waals surface area contributed by atoms with E-state index in [1.165, 1.54) is 49.7 Å². The van der Waals surface area contributed by atoms with E-state index in [0.29, 0.717) is 59.7 Å². The fraction of sp³-hybridized carbons (Fsp3) is 0.294. The van der Waals surface area contributed by atoms with E-state index in [4.69, 9.17) is 19.3 Å². The number of carboxylic acid groups (broad SMARTS) is 1. The van der Waals surface area contributed by atoms with Gasteiger partial charge in [0.25, 0.3) is 0 Å². The van der Waals surface area contributed by atoms with E-state index in [9.17, 15) is 18.8 Å². The average molecular weight is 634 g/mol. The zero-order valence-electron chi connectivity index (χ0n) is 25.1. The monoisotopic (exact) mass is 633 g/mol. The highest BCUT2D eigenvalue weighted by molar-refractivity contribution is 6.16. The summed E-state index contributed by atoms with van der Waals surface area (Å²) in [6.45, 7) is 0.416. The van der Waals surface area contributed by atoms with E-state index < -0.39 is 34.8 Å². The third-order valence-electron chi connectivity index (χ3n) is 7.66. The Labute approximate surface area is 263 Å². The van der Waals surface area contributed by atoms with Gasteiger partial charge in [0.2, 0.25) is 11.8 Å². The number of aromatic nitrogens is 1. The number of amides is 2. The number of anilines is 2. The van der Waals surface area contributed by atoms with Crippen LogP contribution in [0.5, 0.6) is 23.0 Å². The van der Waals surface area contributed by atoms with E-state index >= 15 is 4.39 Å². The zero-order valence-corrected chi connectivity index (χ0v) is 25.1. The summed E-state index contributed by atoms with van der Waals surface area (Å²) in [5.41, 5.74) is -0.238. The molecule has 0 spiro atoms. The average Bonchev–Trinajstić information content (AvgIpc) is 3.85. The molecular formula is C34H33F2N3O7. The molecule has 0 unspecified atom stereocenters. The number of hydrogen-bond acceptors (Lipinski definition) is 7. The SMILES string of the molecule is COc1cc2c(Oc3ccc(NC(=O)C4(C(=O)Nc5ccc(F)cc5)CC4)cc3F)ccnc2cc1OCCCCCCC(=O)O. The Morgan fingerprint density at radius 1 is 0.826 bits per heavy atom. The molecule has 1 saturated carbocycles. The van der Waals surface area contributed by atoms with Gasteiger partial charge in [-0.05, 0) is 74.2 Å². The van der Waals surface area contributed by atoms with Crippen LogP contribution in [-0.2, 0) is 14.4 Å². The molecule has 0 saturated heterocycles. The Hall–Kier alpha value is -5.26. The molecule has 0 aliphatic heterocycles. The number of benzene rings is 3. The van der Waals surface area contributed by atoms with Crippen LogP contribution < -0.4 is 24.8 Å². The van der Waals surface area contributed by atoms with Crippen LogP contribution in [0, 0.1) is 17.0 Å². The molecule has 5 rings (SSSR count). The number of pyridine rings is 1. The lowest BCUT2D eigenvalue weighted by Gasteiger charge is -2.16. The van der Waals surface area contributed by atoms with Gasteiger partial charge in [-0.1, -0.05) is 12.8 Å². The minimum absolute atomic E-state index is 0.0946. The number of carbonyl (C=O) groups is 3. The van der Waals surface area contributed by atoms with Crippen molar-refractivity contribution >= 4 is 40.1 Å². The van der Waals surface area contributed by atoms with Crippen LogP contribution in [0.25, 0.3) is 10.9 Å². The van der Waals surface area contributed by atoms with Crippen LogP contribution in [0.2, 0.25) is 0 Å². The van der Waals surface area contributed by atoms with Gasteiger partial charge < -0.3 is 30.0 Å². The van der Waals surface area contributed by atoms with Crippen molar-refractivity contribution in [3.63, 3.8) is 0 Å². The quantitative estimate of drug-likeness (QED) is 0.0933. The maximum Gasteiger partial charge on any atom is 0.303 e. The van der Waals surface area contributed by atoms with Crippen LogP contribution in [-0.4, -0.2) is 41.6 Å². The summed E-state index contributed by atoms with van der Waals surface area (Å²) in [5, 5.41) is 14.6. The molecule has 3 N–H and O–H groups in total. The van der Waals surface area contributed by atoms with Crippen molar-refractivity contribution in [3.05, 3.63) is 78.5 Å².